The maximum atomic E-state index is 13.0. The lowest BCUT2D eigenvalue weighted by atomic mass is 9.82. The first-order valence-corrected chi connectivity index (χ1v) is 41.4. The molecule has 2 unspecified atom stereocenters. The number of rotatable bonds is 84. The molecule has 0 spiro atoms. The van der Waals surface area contributed by atoms with Gasteiger partial charge in [-0.1, -0.05) is 44.0 Å². The molecule has 0 radical (unpaired) electrons. The van der Waals surface area contributed by atoms with Crippen LogP contribution in [0.25, 0.3) is 11.1 Å². The van der Waals surface area contributed by atoms with Crippen LogP contribution in [0.15, 0.2) is 45.3 Å². The van der Waals surface area contributed by atoms with E-state index in [0.717, 1.165) is 31.2 Å². The molecular formula is C70H124Br2N2O30S2. The van der Waals surface area contributed by atoms with E-state index >= 15 is 0 Å². The zero-order chi connectivity index (χ0) is 75.8. The molecule has 0 aliphatic heterocycles. The molecule has 0 bridgehead atoms. The normalized spacial score (nSPS) is 13.9. The highest BCUT2D eigenvalue weighted by Crippen LogP contribution is 2.49. The molecule has 0 aromatic heterocycles. The van der Waals surface area contributed by atoms with E-state index in [0.29, 0.717) is 277 Å². The van der Waals surface area contributed by atoms with Crippen LogP contribution in [0.5, 0.6) is 0 Å². The van der Waals surface area contributed by atoms with E-state index in [2.05, 4.69) is 41.3 Å². The van der Waals surface area contributed by atoms with Crippen molar-refractivity contribution in [3.8, 4) is 11.1 Å². The van der Waals surface area contributed by atoms with Crippen molar-refractivity contribution in [1.82, 2.24) is 9.44 Å². The van der Waals surface area contributed by atoms with Crippen molar-refractivity contribution in [2.45, 2.75) is 25.0 Å². The van der Waals surface area contributed by atoms with Crippen LogP contribution in [0.4, 0.5) is 0 Å². The molecule has 0 saturated heterocycles. The Bertz CT molecular complexity index is 2350. The Balaban J connectivity index is 1.10. The quantitative estimate of drug-likeness (QED) is 0.0873. The van der Waals surface area contributed by atoms with Gasteiger partial charge >= 0.3 is 0 Å². The van der Waals surface area contributed by atoms with Crippen molar-refractivity contribution in [2.24, 2.45) is 0 Å². The Morgan fingerprint density at radius 3 is 0.632 bits per heavy atom. The monoisotopic (exact) mass is 1690 g/mol. The number of hydrogen-bond acceptors (Lipinski definition) is 30. The average Bonchev–Trinajstić information content (AvgIpc) is 0.751. The van der Waals surface area contributed by atoms with Gasteiger partial charge in [-0.15, -0.1) is 0 Å². The van der Waals surface area contributed by atoms with E-state index in [4.69, 9.17) is 123 Å². The molecule has 36 heteroatoms. The van der Waals surface area contributed by atoms with Crippen molar-refractivity contribution in [3.63, 3.8) is 0 Å². The molecule has 0 fully saturated rings. The van der Waals surface area contributed by atoms with Crippen molar-refractivity contribution in [3.05, 3.63) is 56.5 Å². The summed E-state index contributed by atoms with van der Waals surface area (Å²) in [6.07, 6.45) is -0.850. The van der Waals surface area contributed by atoms with Gasteiger partial charge in [0.25, 0.3) is 0 Å². The topological polar surface area (TPSA) is 332 Å². The minimum atomic E-state index is -3.65. The third kappa shape index (κ3) is 58.1. The highest BCUT2D eigenvalue weighted by Gasteiger charge is 2.36. The number of sulfonamides is 2. The summed E-state index contributed by atoms with van der Waals surface area (Å²) >= 11 is 7.22. The fraction of sp³-hybridized carbons (Fsp3) is 0.829. The molecule has 2 aromatic carbocycles. The van der Waals surface area contributed by atoms with Gasteiger partial charge < -0.3 is 123 Å². The van der Waals surface area contributed by atoms with E-state index in [1.54, 1.807) is 14.2 Å². The minimum Gasteiger partial charge on any atom is -0.382 e. The van der Waals surface area contributed by atoms with Gasteiger partial charge in [-0.3, -0.25) is 0 Å². The summed E-state index contributed by atoms with van der Waals surface area (Å²) in [4.78, 5) is 0. The van der Waals surface area contributed by atoms with Crippen LogP contribution in [-0.2, 0) is 143 Å². The molecule has 0 heterocycles. The number of fused-ring (bicyclic) bond motifs is 3. The van der Waals surface area contributed by atoms with Crippen molar-refractivity contribution in [2.75, 3.05) is 356 Å². The van der Waals surface area contributed by atoms with Crippen LogP contribution in [-0.4, -0.2) is 373 Å². The smallest absolute Gasteiger partial charge is 0.211 e. The predicted octanol–water partition coefficient (Wildman–Crippen LogP) is 4.28. The second-order valence-electron chi connectivity index (χ2n) is 22.6. The van der Waals surface area contributed by atoms with Crippen molar-refractivity contribution < 1.29 is 140 Å². The Hall–Kier alpha value is -1.82. The maximum absolute atomic E-state index is 13.0. The molecule has 106 heavy (non-hydrogen) atoms. The molecule has 1 aliphatic rings. The largest absolute Gasteiger partial charge is 0.382 e. The Morgan fingerprint density at radius 1 is 0.264 bits per heavy atom. The molecule has 0 amide bonds. The van der Waals surface area contributed by atoms with E-state index in [-0.39, 0.29) is 77.1 Å². The summed E-state index contributed by atoms with van der Waals surface area (Å²) in [6, 6.07) is 11.8. The van der Waals surface area contributed by atoms with Crippen LogP contribution < -0.4 is 9.44 Å². The molecule has 620 valence electrons. The molecular weight excluding hydrogens is 1570 g/mol. The number of benzene rings is 2. The predicted molar refractivity (Wildman–Crippen MR) is 399 cm³/mol. The molecule has 2 aromatic rings. The standard InChI is InChI=1S/C70H124Br2N2O30S2/c1-79-15-17-83-23-25-87-31-33-91-39-41-95-47-49-99-55-57-101-53-51-97-45-43-93-37-35-89-29-27-85-21-19-81-13-9-73-105(75,76)59-3-11-103-69-67-61-63(71)5-7-65(67)66-8-6-64(72)62-68(66)70(69)104-12-4-60-106(77,78)74-10-14-82-20-22-86-28-30-90-36-38-94-44-46-98-52-54-102-58-56-100-50-48-96-42-40-92-34-32-88-26-24-84-18-16-80-2/h5-8,61-62,69-70,73-74H,3-4,9-60H2,1-2H3. The Kier molecular flexibility index (Phi) is 67.0. The highest BCUT2D eigenvalue weighted by atomic mass is 79.9. The van der Waals surface area contributed by atoms with Gasteiger partial charge in [0.05, 0.1) is 315 Å². The first kappa shape index (κ1) is 98.4. The van der Waals surface area contributed by atoms with Crippen molar-refractivity contribution >= 4 is 51.9 Å². The maximum Gasteiger partial charge on any atom is 0.211 e. The Morgan fingerprint density at radius 2 is 0.443 bits per heavy atom. The van der Waals surface area contributed by atoms with E-state index in [9.17, 15) is 16.8 Å². The van der Waals surface area contributed by atoms with Crippen LogP contribution in [0.2, 0.25) is 0 Å². The van der Waals surface area contributed by atoms with E-state index in [1.807, 2.05) is 36.4 Å². The number of hydrogen-bond donors (Lipinski definition) is 2. The Labute approximate surface area is 646 Å². The molecule has 2 N–H and O–H groups in total. The van der Waals surface area contributed by atoms with Gasteiger partial charge in [-0.05, 0) is 59.4 Å². The first-order chi connectivity index (χ1) is 52.1. The van der Waals surface area contributed by atoms with E-state index < -0.39 is 32.3 Å². The lowest BCUT2D eigenvalue weighted by Crippen LogP contribution is -2.31. The summed E-state index contributed by atoms with van der Waals surface area (Å²) in [7, 11) is -4.02. The van der Waals surface area contributed by atoms with Gasteiger partial charge in [-0.2, -0.15) is 0 Å². The second kappa shape index (κ2) is 72.2. The van der Waals surface area contributed by atoms with E-state index in [1.165, 1.54) is 0 Å². The summed E-state index contributed by atoms with van der Waals surface area (Å²) in [5, 5.41) is 0. The second-order valence-corrected chi connectivity index (χ2v) is 28.3. The van der Waals surface area contributed by atoms with Crippen LogP contribution in [0.3, 0.4) is 0 Å². The summed E-state index contributed by atoms with van der Waals surface area (Å²) in [6.45, 7) is 20.9. The molecule has 0 saturated carbocycles. The average molecular weight is 1700 g/mol. The molecule has 32 nitrogen and oxygen atoms in total. The summed E-state index contributed by atoms with van der Waals surface area (Å²) in [5.74, 6) is -0.347. The highest BCUT2D eigenvalue weighted by molar-refractivity contribution is 9.10. The zero-order valence-electron chi connectivity index (χ0n) is 62.6. The first-order valence-electron chi connectivity index (χ1n) is 36.5. The number of methoxy groups -OCH3 is 2. The number of halogens is 2. The minimum absolute atomic E-state index is 0.0963. The number of nitrogens with one attached hydrogen (secondary N) is 2. The van der Waals surface area contributed by atoms with Crippen LogP contribution in [0.1, 0.15) is 36.2 Å². The SMILES string of the molecule is COCCOCCOCCOCCOCCOCCOCCOCCOCCOCCOCCOCCNS(=O)(=O)CCCOC1c2cc(Br)ccc2-c2ccc(Br)cc2C1OCCCS(=O)(=O)NCCOCCOCCOCCOCCOCCOCCOCCOCCOCCOCCOCCOC. The van der Waals surface area contributed by atoms with Gasteiger partial charge in [0, 0.05) is 49.5 Å². The van der Waals surface area contributed by atoms with Crippen LogP contribution >= 0.6 is 31.9 Å². The molecule has 3 rings (SSSR count). The third-order valence-electron chi connectivity index (χ3n) is 14.4. The third-order valence-corrected chi connectivity index (χ3v) is 18.3. The summed E-state index contributed by atoms with van der Waals surface area (Å²) in [5.41, 5.74) is 3.62. The lowest BCUT2D eigenvalue weighted by molar-refractivity contribution is -0.0789. The number of ether oxygens (including phenoxy) is 26. The summed E-state index contributed by atoms with van der Waals surface area (Å²) < 4.78 is 203. The van der Waals surface area contributed by atoms with Gasteiger partial charge in [0.1, 0.15) is 12.2 Å². The molecule has 2 atom stereocenters. The fourth-order valence-electron chi connectivity index (χ4n) is 9.20. The molecule has 1 aliphatic carbocycles. The lowest BCUT2D eigenvalue weighted by Gasteiger charge is -2.35. The van der Waals surface area contributed by atoms with Gasteiger partial charge in [-0.25, -0.2) is 26.3 Å². The fourth-order valence-corrected chi connectivity index (χ4v) is 12.0. The van der Waals surface area contributed by atoms with Gasteiger partial charge in [0.15, 0.2) is 0 Å². The zero-order valence-corrected chi connectivity index (χ0v) is 67.4. The van der Waals surface area contributed by atoms with Crippen molar-refractivity contribution in [1.29, 1.82) is 0 Å². The van der Waals surface area contributed by atoms with Crippen LogP contribution in [0, 0.1) is 0 Å². The van der Waals surface area contributed by atoms with Gasteiger partial charge in [0.2, 0.25) is 20.0 Å².